The number of hydrogen-bond acceptors (Lipinski definition) is 5. The molecule has 0 atom stereocenters. The number of amides is 1. The fourth-order valence-electron chi connectivity index (χ4n) is 2.76. The number of hydrazone groups is 1. The SMILES string of the molecule is C=CCc1ccccc1OCC(=O)N/N=C/c1cc(Br)ccc1OC(=O)c1ccccc1. The molecule has 0 radical (unpaired) electrons. The summed E-state index contributed by atoms with van der Waals surface area (Å²) in [6.45, 7) is 3.53. The summed E-state index contributed by atoms with van der Waals surface area (Å²) in [7, 11) is 0. The Morgan fingerprint density at radius 2 is 1.75 bits per heavy atom. The van der Waals surface area contributed by atoms with Gasteiger partial charge in [-0.1, -0.05) is 58.4 Å². The lowest BCUT2D eigenvalue weighted by Crippen LogP contribution is -2.24. The van der Waals surface area contributed by atoms with Crippen LogP contribution in [-0.4, -0.2) is 24.7 Å². The molecule has 32 heavy (non-hydrogen) atoms. The first kappa shape index (κ1) is 23.0. The van der Waals surface area contributed by atoms with E-state index in [0.717, 1.165) is 10.0 Å². The van der Waals surface area contributed by atoms with E-state index in [2.05, 4.69) is 33.0 Å². The number of rotatable bonds is 9. The smallest absolute Gasteiger partial charge is 0.343 e. The lowest BCUT2D eigenvalue weighted by molar-refractivity contribution is -0.123. The predicted octanol–water partition coefficient (Wildman–Crippen LogP) is 4.93. The van der Waals surface area contributed by atoms with Gasteiger partial charge in [-0.3, -0.25) is 4.79 Å². The van der Waals surface area contributed by atoms with Gasteiger partial charge in [-0.25, -0.2) is 10.2 Å². The highest BCUT2D eigenvalue weighted by atomic mass is 79.9. The van der Waals surface area contributed by atoms with E-state index in [0.29, 0.717) is 29.0 Å². The average Bonchev–Trinajstić information content (AvgIpc) is 2.81. The van der Waals surface area contributed by atoms with Crippen molar-refractivity contribution in [3.05, 3.63) is 107 Å². The molecule has 3 rings (SSSR count). The van der Waals surface area contributed by atoms with Gasteiger partial charge in [-0.2, -0.15) is 5.10 Å². The lowest BCUT2D eigenvalue weighted by atomic mass is 10.1. The second-order valence-corrected chi connectivity index (χ2v) is 7.54. The fraction of sp³-hybridized carbons (Fsp3) is 0.0800. The molecule has 0 aliphatic carbocycles. The first-order valence-corrected chi connectivity index (χ1v) is 10.6. The zero-order valence-corrected chi connectivity index (χ0v) is 18.7. The normalized spacial score (nSPS) is 10.5. The van der Waals surface area contributed by atoms with Gasteiger partial charge in [0.15, 0.2) is 6.61 Å². The molecule has 1 amide bonds. The summed E-state index contributed by atoms with van der Waals surface area (Å²) < 4.78 is 11.8. The van der Waals surface area contributed by atoms with Crippen molar-refractivity contribution in [1.82, 2.24) is 5.43 Å². The van der Waals surface area contributed by atoms with Gasteiger partial charge in [0, 0.05) is 10.0 Å². The third-order valence-corrected chi connectivity index (χ3v) is 4.77. The van der Waals surface area contributed by atoms with Gasteiger partial charge in [-0.05, 0) is 48.4 Å². The molecule has 0 bridgehead atoms. The van der Waals surface area contributed by atoms with E-state index < -0.39 is 11.9 Å². The number of nitrogens with zero attached hydrogens (tertiary/aromatic N) is 1. The minimum absolute atomic E-state index is 0.195. The number of hydrogen-bond donors (Lipinski definition) is 1. The highest BCUT2D eigenvalue weighted by Gasteiger charge is 2.11. The zero-order chi connectivity index (χ0) is 22.8. The van der Waals surface area contributed by atoms with Crippen LogP contribution in [0.25, 0.3) is 0 Å². The number of para-hydroxylation sites is 1. The highest BCUT2D eigenvalue weighted by molar-refractivity contribution is 9.10. The molecule has 162 valence electrons. The van der Waals surface area contributed by atoms with Crippen LogP contribution < -0.4 is 14.9 Å². The molecule has 1 N–H and O–H groups in total. The van der Waals surface area contributed by atoms with E-state index in [-0.39, 0.29) is 6.61 Å². The number of carbonyl (C=O) groups excluding carboxylic acids is 2. The van der Waals surface area contributed by atoms with Crippen molar-refractivity contribution in [3.8, 4) is 11.5 Å². The Kier molecular flexibility index (Phi) is 8.34. The Morgan fingerprint density at radius 1 is 1.00 bits per heavy atom. The predicted molar refractivity (Wildman–Crippen MR) is 127 cm³/mol. The average molecular weight is 493 g/mol. The van der Waals surface area contributed by atoms with Gasteiger partial charge in [-0.15, -0.1) is 6.58 Å². The molecule has 7 heteroatoms. The highest BCUT2D eigenvalue weighted by Crippen LogP contribution is 2.23. The quantitative estimate of drug-likeness (QED) is 0.151. The molecule has 0 aromatic heterocycles. The molecule has 0 aliphatic heterocycles. The summed E-state index contributed by atoms with van der Waals surface area (Å²) in [5.41, 5.74) is 4.30. The first-order valence-electron chi connectivity index (χ1n) is 9.77. The topological polar surface area (TPSA) is 77.0 Å². The fourth-order valence-corrected chi connectivity index (χ4v) is 3.14. The van der Waals surface area contributed by atoms with Gasteiger partial charge < -0.3 is 9.47 Å². The van der Waals surface area contributed by atoms with Crippen LogP contribution >= 0.6 is 15.9 Å². The number of carbonyl (C=O) groups is 2. The van der Waals surface area contributed by atoms with Crippen LogP contribution in [0, 0.1) is 0 Å². The lowest BCUT2D eigenvalue weighted by Gasteiger charge is -2.09. The number of ether oxygens (including phenoxy) is 2. The summed E-state index contributed by atoms with van der Waals surface area (Å²) >= 11 is 3.38. The molecule has 0 saturated heterocycles. The largest absolute Gasteiger partial charge is 0.483 e. The van der Waals surface area contributed by atoms with Crippen molar-refractivity contribution in [2.45, 2.75) is 6.42 Å². The summed E-state index contributed by atoms with van der Waals surface area (Å²) in [6.07, 6.45) is 3.82. The van der Waals surface area contributed by atoms with E-state index in [1.54, 1.807) is 54.6 Å². The molecule has 0 heterocycles. The second-order valence-electron chi connectivity index (χ2n) is 6.62. The molecule has 0 fully saturated rings. The van der Waals surface area contributed by atoms with Crippen molar-refractivity contribution in [2.75, 3.05) is 6.61 Å². The van der Waals surface area contributed by atoms with Gasteiger partial charge >= 0.3 is 5.97 Å². The van der Waals surface area contributed by atoms with Crippen molar-refractivity contribution in [3.63, 3.8) is 0 Å². The molecular formula is C25H21BrN2O4. The summed E-state index contributed by atoms with van der Waals surface area (Å²) in [5, 5.41) is 3.96. The van der Waals surface area contributed by atoms with Crippen LogP contribution in [0.5, 0.6) is 11.5 Å². The molecule has 3 aromatic carbocycles. The van der Waals surface area contributed by atoms with Gasteiger partial charge in [0.2, 0.25) is 0 Å². The van der Waals surface area contributed by atoms with Gasteiger partial charge in [0.25, 0.3) is 5.91 Å². The minimum atomic E-state index is -0.488. The molecule has 0 unspecified atom stereocenters. The molecule has 0 aliphatic rings. The van der Waals surface area contributed by atoms with E-state index in [1.165, 1.54) is 6.21 Å². The summed E-state index contributed by atoms with van der Waals surface area (Å²) in [4.78, 5) is 24.5. The van der Waals surface area contributed by atoms with Crippen LogP contribution in [0.3, 0.4) is 0 Å². The standard InChI is InChI=1S/C25H21BrN2O4/c1-2-8-18-9-6-7-12-22(18)31-17-24(29)28-27-16-20-15-21(26)13-14-23(20)32-25(30)19-10-4-3-5-11-19/h2-7,9-16H,1,8,17H2,(H,28,29)/b27-16+. The van der Waals surface area contributed by atoms with Crippen molar-refractivity contribution < 1.29 is 19.1 Å². The van der Waals surface area contributed by atoms with Crippen molar-refractivity contribution in [1.29, 1.82) is 0 Å². The summed E-state index contributed by atoms with van der Waals surface area (Å²) in [6, 6.07) is 21.2. The second kappa shape index (κ2) is 11.6. The van der Waals surface area contributed by atoms with Crippen LogP contribution in [0.15, 0.2) is 95.0 Å². The Bertz CT molecular complexity index is 1130. The van der Waals surface area contributed by atoms with Crippen LogP contribution in [0.1, 0.15) is 21.5 Å². The van der Waals surface area contributed by atoms with Gasteiger partial charge in [0.05, 0.1) is 11.8 Å². The third-order valence-electron chi connectivity index (χ3n) is 4.27. The number of nitrogens with one attached hydrogen (secondary N) is 1. The van der Waals surface area contributed by atoms with Crippen LogP contribution in [0.2, 0.25) is 0 Å². The summed E-state index contributed by atoms with van der Waals surface area (Å²) in [5.74, 6) is 0.0222. The molecule has 3 aromatic rings. The Morgan fingerprint density at radius 3 is 2.53 bits per heavy atom. The minimum Gasteiger partial charge on any atom is -0.483 e. The van der Waals surface area contributed by atoms with Crippen LogP contribution in [-0.2, 0) is 11.2 Å². The van der Waals surface area contributed by atoms with Crippen molar-refractivity contribution >= 4 is 34.0 Å². The maximum absolute atomic E-state index is 12.4. The van der Waals surface area contributed by atoms with E-state index in [9.17, 15) is 9.59 Å². The molecule has 6 nitrogen and oxygen atoms in total. The Hall–Kier alpha value is -3.71. The maximum atomic E-state index is 12.4. The van der Waals surface area contributed by atoms with Gasteiger partial charge in [0.1, 0.15) is 11.5 Å². The number of halogens is 1. The molecule has 0 saturated carbocycles. The Balaban J connectivity index is 1.61. The van der Waals surface area contributed by atoms with E-state index >= 15 is 0 Å². The molecule has 0 spiro atoms. The maximum Gasteiger partial charge on any atom is 0.343 e. The number of allylic oxidation sites excluding steroid dienone is 1. The Labute approximate surface area is 194 Å². The number of esters is 1. The first-order chi connectivity index (χ1) is 15.6. The third kappa shape index (κ3) is 6.65. The molecular weight excluding hydrogens is 472 g/mol. The van der Waals surface area contributed by atoms with Crippen LogP contribution in [0.4, 0.5) is 0 Å². The monoisotopic (exact) mass is 492 g/mol. The van der Waals surface area contributed by atoms with E-state index in [1.807, 2.05) is 24.3 Å². The zero-order valence-electron chi connectivity index (χ0n) is 17.2. The van der Waals surface area contributed by atoms with Crippen molar-refractivity contribution in [2.24, 2.45) is 5.10 Å². The van der Waals surface area contributed by atoms with E-state index in [4.69, 9.17) is 9.47 Å². The number of benzene rings is 3.